The van der Waals surface area contributed by atoms with Crippen LogP contribution < -0.4 is 0 Å². The van der Waals surface area contributed by atoms with Crippen LogP contribution in [0.25, 0.3) is 5.57 Å². The van der Waals surface area contributed by atoms with Crippen LogP contribution >= 0.6 is 0 Å². The van der Waals surface area contributed by atoms with Gasteiger partial charge in [-0.05, 0) is 30.7 Å². The molecular weight excluding hydrogens is 280 g/mol. The van der Waals surface area contributed by atoms with Gasteiger partial charge >= 0.3 is 5.97 Å². The van der Waals surface area contributed by atoms with Gasteiger partial charge in [-0.3, -0.25) is 0 Å². The molecule has 0 bridgehead atoms. The number of hydrogen-bond donors (Lipinski definition) is 1. The number of carbonyl (C=O) groups excluding carboxylic acids is 1. The minimum atomic E-state index is -1.48. The molecule has 4 heteroatoms. The Bertz CT molecular complexity index is 569. The SMILES string of the molecule is CCOC(=O)c1ccc(/C(C#C[Si](C)(C)C)=C\CO)cc1. The number of rotatable bonds is 4. The molecule has 3 nitrogen and oxygen atoms in total. The first kappa shape index (κ1) is 17.2. The molecule has 0 saturated heterocycles. The van der Waals surface area contributed by atoms with Crippen molar-refractivity contribution < 1.29 is 14.6 Å². The van der Waals surface area contributed by atoms with Crippen LogP contribution in [0.3, 0.4) is 0 Å². The van der Waals surface area contributed by atoms with Crippen molar-refractivity contribution in [1.82, 2.24) is 0 Å². The Balaban J connectivity index is 3.03. The van der Waals surface area contributed by atoms with E-state index in [4.69, 9.17) is 9.84 Å². The molecule has 0 radical (unpaired) electrons. The molecule has 0 aliphatic heterocycles. The molecule has 0 aliphatic rings. The highest BCUT2D eigenvalue weighted by molar-refractivity contribution is 6.84. The summed E-state index contributed by atoms with van der Waals surface area (Å²) in [4.78, 5) is 11.6. The molecule has 0 amide bonds. The Labute approximate surface area is 127 Å². The number of carbonyl (C=O) groups is 1. The number of benzene rings is 1. The van der Waals surface area contributed by atoms with E-state index in [2.05, 4.69) is 31.1 Å². The molecular formula is C17H22O3Si. The monoisotopic (exact) mass is 302 g/mol. The fourth-order valence-electron chi connectivity index (χ4n) is 1.59. The summed E-state index contributed by atoms with van der Waals surface area (Å²) in [7, 11) is -1.48. The van der Waals surface area contributed by atoms with E-state index in [1.807, 2.05) is 12.1 Å². The summed E-state index contributed by atoms with van der Waals surface area (Å²) in [6.45, 7) is 8.58. The van der Waals surface area contributed by atoms with Crippen LogP contribution in [-0.2, 0) is 4.74 Å². The van der Waals surface area contributed by atoms with Crippen molar-refractivity contribution in [3.63, 3.8) is 0 Å². The molecule has 1 aromatic carbocycles. The first-order valence-corrected chi connectivity index (χ1v) is 10.5. The van der Waals surface area contributed by atoms with Gasteiger partial charge < -0.3 is 9.84 Å². The quantitative estimate of drug-likeness (QED) is 0.528. The number of aliphatic hydroxyl groups excluding tert-OH is 1. The van der Waals surface area contributed by atoms with Crippen LogP contribution in [0, 0.1) is 11.5 Å². The number of aliphatic hydroxyl groups is 1. The highest BCUT2D eigenvalue weighted by atomic mass is 28.3. The van der Waals surface area contributed by atoms with Gasteiger partial charge in [-0.2, -0.15) is 0 Å². The van der Waals surface area contributed by atoms with Gasteiger partial charge in [-0.1, -0.05) is 37.7 Å². The lowest BCUT2D eigenvalue weighted by Crippen LogP contribution is -2.16. The number of hydrogen-bond acceptors (Lipinski definition) is 3. The van der Waals surface area contributed by atoms with E-state index in [1.54, 1.807) is 25.1 Å². The summed E-state index contributed by atoms with van der Waals surface area (Å²) < 4.78 is 4.95. The van der Waals surface area contributed by atoms with Gasteiger partial charge in [0.25, 0.3) is 0 Å². The van der Waals surface area contributed by atoms with Gasteiger partial charge in [0, 0.05) is 5.57 Å². The van der Waals surface area contributed by atoms with Gasteiger partial charge in [-0.25, -0.2) is 4.79 Å². The highest BCUT2D eigenvalue weighted by Gasteiger charge is 2.09. The number of ether oxygens (including phenoxy) is 1. The molecule has 0 spiro atoms. The maximum Gasteiger partial charge on any atom is 0.338 e. The molecule has 0 heterocycles. The van der Waals surface area contributed by atoms with Crippen molar-refractivity contribution >= 4 is 19.6 Å². The van der Waals surface area contributed by atoms with Crippen molar-refractivity contribution in [3.8, 4) is 11.5 Å². The van der Waals surface area contributed by atoms with Crippen molar-refractivity contribution in [1.29, 1.82) is 0 Å². The van der Waals surface area contributed by atoms with Crippen LogP contribution in [0.1, 0.15) is 22.8 Å². The Morgan fingerprint density at radius 1 is 1.24 bits per heavy atom. The predicted molar refractivity (Wildman–Crippen MR) is 88.6 cm³/mol. The zero-order valence-electron chi connectivity index (χ0n) is 13.1. The molecule has 0 fully saturated rings. The first-order chi connectivity index (χ1) is 9.87. The van der Waals surface area contributed by atoms with Crippen molar-refractivity contribution in [2.45, 2.75) is 26.6 Å². The van der Waals surface area contributed by atoms with Crippen molar-refractivity contribution in [3.05, 3.63) is 41.5 Å². The molecule has 0 saturated carbocycles. The minimum absolute atomic E-state index is 0.0602. The van der Waals surface area contributed by atoms with Crippen molar-refractivity contribution in [2.75, 3.05) is 13.2 Å². The van der Waals surface area contributed by atoms with E-state index in [-0.39, 0.29) is 12.6 Å². The Kier molecular flexibility index (Phi) is 6.41. The van der Waals surface area contributed by atoms with E-state index in [9.17, 15) is 4.79 Å². The number of esters is 1. The standard InChI is InChI=1S/C17H22O3Si/c1-5-20-17(19)16-8-6-14(7-9-16)15(10-12-18)11-13-21(2,3)4/h6-10,18H,5,12H2,1-4H3/b15-10-. The van der Waals surface area contributed by atoms with Crippen molar-refractivity contribution in [2.24, 2.45) is 0 Å². The second kappa shape index (κ2) is 7.82. The molecule has 1 aromatic rings. The molecule has 0 aromatic heterocycles. The van der Waals surface area contributed by atoms with Gasteiger partial charge in [0.05, 0.1) is 18.8 Å². The lowest BCUT2D eigenvalue weighted by atomic mass is 10.0. The smallest absolute Gasteiger partial charge is 0.338 e. The zero-order chi connectivity index (χ0) is 15.9. The Morgan fingerprint density at radius 2 is 1.81 bits per heavy atom. The fraction of sp³-hybridized carbons (Fsp3) is 0.353. The van der Waals surface area contributed by atoms with Crippen LogP contribution in [0.4, 0.5) is 0 Å². The van der Waals surface area contributed by atoms with Crippen LogP contribution in [0.5, 0.6) is 0 Å². The Hall–Kier alpha value is -1.83. The van der Waals surface area contributed by atoms with Gasteiger partial charge in [0.1, 0.15) is 8.07 Å². The minimum Gasteiger partial charge on any atom is -0.462 e. The second-order valence-corrected chi connectivity index (χ2v) is 10.3. The third kappa shape index (κ3) is 5.98. The molecule has 0 aliphatic carbocycles. The van der Waals surface area contributed by atoms with Crippen LogP contribution in [0.15, 0.2) is 30.3 Å². The predicted octanol–water partition coefficient (Wildman–Crippen LogP) is 3.12. The van der Waals surface area contributed by atoms with Crippen LogP contribution in [-0.4, -0.2) is 32.4 Å². The average Bonchev–Trinajstić information content (AvgIpc) is 2.43. The molecule has 1 rings (SSSR count). The molecule has 0 unspecified atom stereocenters. The topological polar surface area (TPSA) is 46.5 Å². The summed E-state index contributed by atoms with van der Waals surface area (Å²) in [5.41, 5.74) is 5.48. The summed E-state index contributed by atoms with van der Waals surface area (Å²) in [5.74, 6) is 2.82. The maximum absolute atomic E-state index is 11.6. The highest BCUT2D eigenvalue weighted by Crippen LogP contribution is 2.15. The largest absolute Gasteiger partial charge is 0.462 e. The Morgan fingerprint density at radius 3 is 2.29 bits per heavy atom. The number of allylic oxidation sites excluding steroid dienone is 1. The molecule has 1 N–H and O–H groups in total. The maximum atomic E-state index is 11.6. The molecule has 112 valence electrons. The van der Waals surface area contributed by atoms with Gasteiger partial charge in [-0.15, -0.1) is 5.54 Å². The van der Waals surface area contributed by atoms with E-state index in [0.717, 1.165) is 11.1 Å². The van der Waals surface area contributed by atoms with E-state index in [1.165, 1.54) is 0 Å². The van der Waals surface area contributed by atoms with E-state index in [0.29, 0.717) is 12.2 Å². The summed E-state index contributed by atoms with van der Waals surface area (Å²) in [5, 5.41) is 9.13. The van der Waals surface area contributed by atoms with E-state index < -0.39 is 8.07 Å². The zero-order valence-corrected chi connectivity index (χ0v) is 14.1. The lowest BCUT2D eigenvalue weighted by Gasteiger charge is -2.06. The van der Waals surface area contributed by atoms with Gasteiger partial charge in [0.15, 0.2) is 0 Å². The second-order valence-electron chi connectivity index (χ2n) is 5.60. The third-order valence-corrected chi connectivity index (χ3v) is 3.45. The normalized spacial score (nSPS) is 11.6. The molecule has 21 heavy (non-hydrogen) atoms. The molecule has 0 atom stereocenters. The summed E-state index contributed by atoms with van der Waals surface area (Å²) in [6, 6.07) is 7.09. The fourth-order valence-corrected chi connectivity index (χ4v) is 2.10. The third-order valence-electron chi connectivity index (χ3n) is 2.57. The van der Waals surface area contributed by atoms with Gasteiger partial charge in [0.2, 0.25) is 0 Å². The van der Waals surface area contributed by atoms with E-state index >= 15 is 0 Å². The summed E-state index contributed by atoms with van der Waals surface area (Å²) in [6.07, 6.45) is 1.69. The summed E-state index contributed by atoms with van der Waals surface area (Å²) >= 11 is 0. The first-order valence-electron chi connectivity index (χ1n) is 6.99. The van der Waals surface area contributed by atoms with Crippen LogP contribution in [0.2, 0.25) is 19.6 Å². The lowest BCUT2D eigenvalue weighted by molar-refractivity contribution is 0.0526. The average molecular weight is 302 g/mol.